The molecule has 0 fully saturated rings. The summed E-state index contributed by atoms with van der Waals surface area (Å²) in [6.07, 6.45) is 3.77. The maximum Gasteiger partial charge on any atom is 0.0346 e. The zero-order chi connectivity index (χ0) is 10.7. The topological polar surface area (TPSA) is 24.9 Å². The van der Waals surface area contributed by atoms with Crippen LogP contribution in [0, 0.1) is 0 Å². The second-order valence-corrected chi connectivity index (χ2v) is 3.72. The monoisotopic (exact) mass is 200 g/mol. The molecule has 0 aliphatic carbocycles. The predicted molar refractivity (Wildman–Crippen MR) is 63.8 cm³/mol. The Morgan fingerprint density at radius 2 is 2.20 bits per heavy atom. The SMILES string of the molecule is CCNC(C)c1cccc2cnccc12. The van der Waals surface area contributed by atoms with Crippen molar-refractivity contribution in [2.24, 2.45) is 0 Å². The van der Waals surface area contributed by atoms with Gasteiger partial charge < -0.3 is 5.32 Å². The van der Waals surface area contributed by atoms with Gasteiger partial charge in [0.2, 0.25) is 0 Å². The van der Waals surface area contributed by atoms with E-state index in [0.29, 0.717) is 6.04 Å². The lowest BCUT2D eigenvalue weighted by Crippen LogP contribution is -2.17. The highest BCUT2D eigenvalue weighted by Gasteiger charge is 2.06. The Morgan fingerprint density at radius 3 is 3.00 bits per heavy atom. The van der Waals surface area contributed by atoms with E-state index in [1.54, 1.807) is 0 Å². The summed E-state index contributed by atoms with van der Waals surface area (Å²) >= 11 is 0. The van der Waals surface area contributed by atoms with Gasteiger partial charge in [-0.25, -0.2) is 0 Å². The third-order valence-corrected chi connectivity index (χ3v) is 2.69. The van der Waals surface area contributed by atoms with Crippen molar-refractivity contribution >= 4 is 10.8 Å². The minimum absolute atomic E-state index is 0.390. The Balaban J connectivity index is 2.50. The summed E-state index contributed by atoms with van der Waals surface area (Å²) in [4.78, 5) is 4.14. The zero-order valence-corrected chi connectivity index (χ0v) is 9.20. The molecule has 0 spiro atoms. The van der Waals surface area contributed by atoms with Crippen LogP contribution in [0.3, 0.4) is 0 Å². The van der Waals surface area contributed by atoms with Crippen LogP contribution in [0.5, 0.6) is 0 Å². The highest BCUT2D eigenvalue weighted by atomic mass is 14.9. The van der Waals surface area contributed by atoms with Gasteiger partial charge in [0.25, 0.3) is 0 Å². The smallest absolute Gasteiger partial charge is 0.0346 e. The lowest BCUT2D eigenvalue weighted by atomic mass is 10.0. The van der Waals surface area contributed by atoms with E-state index in [9.17, 15) is 0 Å². The molecule has 2 heteroatoms. The molecule has 1 N–H and O–H groups in total. The summed E-state index contributed by atoms with van der Waals surface area (Å²) in [5, 5.41) is 5.93. The van der Waals surface area contributed by atoms with Crippen LogP contribution in [0.25, 0.3) is 10.8 Å². The number of rotatable bonds is 3. The van der Waals surface area contributed by atoms with E-state index >= 15 is 0 Å². The van der Waals surface area contributed by atoms with E-state index in [4.69, 9.17) is 0 Å². The van der Waals surface area contributed by atoms with Gasteiger partial charge in [-0.15, -0.1) is 0 Å². The van der Waals surface area contributed by atoms with Gasteiger partial charge in [0.15, 0.2) is 0 Å². The highest BCUT2D eigenvalue weighted by Crippen LogP contribution is 2.22. The van der Waals surface area contributed by atoms with Crippen LogP contribution < -0.4 is 5.32 Å². The van der Waals surface area contributed by atoms with E-state index in [1.807, 2.05) is 12.4 Å². The molecule has 0 radical (unpaired) electrons. The molecule has 15 heavy (non-hydrogen) atoms. The molecular weight excluding hydrogens is 184 g/mol. The number of aromatic nitrogens is 1. The van der Waals surface area contributed by atoms with Gasteiger partial charge in [0, 0.05) is 23.8 Å². The molecule has 0 bridgehead atoms. The third-order valence-electron chi connectivity index (χ3n) is 2.69. The Bertz CT molecular complexity index is 446. The van der Waals surface area contributed by atoms with Crippen molar-refractivity contribution in [2.45, 2.75) is 19.9 Å². The average Bonchev–Trinajstić information content (AvgIpc) is 2.28. The number of nitrogens with zero attached hydrogens (tertiary/aromatic N) is 1. The van der Waals surface area contributed by atoms with Gasteiger partial charge in [-0.2, -0.15) is 0 Å². The molecule has 2 rings (SSSR count). The number of fused-ring (bicyclic) bond motifs is 1. The second-order valence-electron chi connectivity index (χ2n) is 3.72. The molecule has 0 saturated heterocycles. The first kappa shape index (κ1) is 10.1. The summed E-state index contributed by atoms with van der Waals surface area (Å²) in [5.74, 6) is 0. The Labute approximate surface area is 90.3 Å². The third kappa shape index (κ3) is 2.00. The molecule has 1 aromatic carbocycles. The van der Waals surface area contributed by atoms with Crippen LogP contribution in [0.2, 0.25) is 0 Å². The summed E-state index contributed by atoms with van der Waals surface area (Å²) < 4.78 is 0. The summed E-state index contributed by atoms with van der Waals surface area (Å²) in [6.45, 7) is 5.31. The first-order chi connectivity index (χ1) is 7.33. The van der Waals surface area contributed by atoms with Crippen molar-refractivity contribution in [1.82, 2.24) is 10.3 Å². The lowest BCUT2D eigenvalue weighted by Gasteiger charge is -2.14. The van der Waals surface area contributed by atoms with Gasteiger partial charge in [0.1, 0.15) is 0 Å². The van der Waals surface area contributed by atoms with Gasteiger partial charge in [0.05, 0.1) is 0 Å². The van der Waals surface area contributed by atoms with E-state index in [1.165, 1.54) is 16.3 Å². The molecule has 0 amide bonds. The van der Waals surface area contributed by atoms with Crippen LogP contribution in [-0.2, 0) is 0 Å². The van der Waals surface area contributed by atoms with E-state index < -0.39 is 0 Å². The highest BCUT2D eigenvalue weighted by molar-refractivity contribution is 5.85. The van der Waals surface area contributed by atoms with Crippen molar-refractivity contribution in [2.75, 3.05) is 6.54 Å². The van der Waals surface area contributed by atoms with Crippen LogP contribution >= 0.6 is 0 Å². The van der Waals surface area contributed by atoms with E-state index in [-0.39, 0.29) is 0 Å². The number of pyridine rings is 1. The lowest BCUT2D eigenvalue weighted by molar-refractivity contribution is 0.602. The van der Waals surface area contributed by atoms with E-state index in [0.717, 1.165) is 6.54 Å². The quantitative estimate of drug-likeness (QED) is 0.824. The van der Waals surface area contributed by atoms with Crippen molar-refractivity contribution in [1.29, 1.82) is 0 Å². The minimum Gasteiger partial charge on any atom is -0.310 e. The molecule has 78 valence electrons. The fourth-order valence-electron chi connectivity index (χ4n) is 1.94. The molecule has 0 saturated carbocycles. The van der Waals surface area contributed by atoms with Crippen LogP contribution in [0.4, 0.5) is 0 Å². The fourth-order valence-corrected chi connectivity index (χ4v) is 1.94. The van der Waals surface area contributed by atoms with Crippen molar-refractivity contribution < 1.29 is 0 Å². The maximum absolute atomic E-state index is 4.14. The number of benzene rings is 1. The molecule has 1 atom stereocenters. The largest absolute Gasteiger partial charge is 0.310 e. The van der Waals surface area contributed by atoms with Crippen molar-refractivity contribution in [3.63, 3.8) is 0 Å². The molecule has 1 unspecified atom stereocenters. The number of hydrogen-bond acceptors (Lipinski definition) is 2. The molecule has 2 nitrogen and oxygen atoms in total. The van der Waals surface area contributed by atoms with Crippen molar-refractivity contribution in [3.8, 4) is 0 Å². The normalized spacial score (nSPS) is 12.9. The first-order valence-electron chi connectivity index (χ1n) is 5.39. The van der Waals surface area contributed by atoms with Crippen LogP contribution in [0.1, 0.15) is 25.5 Å². The van der Waals surface area contributed by atoms with Crippen molar-refractivity contribution in [3.05, 3.63) is 42.2 Å². The van der Waals surface area contributed by atoms with Gasteiger partial charge in [-0.1, -0.05) is 25.1 Å². The predicted octanol–water partition coefficient (Wildman–Crippen LogP) is 2.91. The maximum atomic E-state index is 4.14. The standard InChI is InChI=1S/C13H16N2/c1-3-15-10(2)12-6-4-5-11-9-14-8-7-13(11)12/h4-10,15H,3H2,1-2H3. The molecule has 2 aromatic rings. The first-order valence-corrected chi connectivity index (χ1v) is 5.39. The van der Waals surface area contributed by atoms with Gasteiger partial charge in [-0.05, 0) is 30.5 Å². The molecule has 1 aromatic heterocycles. The van der Waals surface area contributed by atoms with Crippen LogP contribution in [-0.4, -0.2) is 11.5 Å². The van der Waals surface area contributed by atoms with E-state index in [2.05, 4.69) is 48.4 Å². The molecule has 0 aliphatic heterocycles. The van der Waals surface area contributed by atoms with Gasteiger partial charge >= 0.3 is 0 Å². The van der Waals surface area contributed by atoms with Crippen LogP contribution in [0.15, 0.2) is 36.7 Å². The molecule has 0 aliphatic rings. The summed E-state index contributed by atoms with van der Waals surface area (Å²) in [5.41, 5.74) is 1.34. The average molecular weight is 200 g/mol. The molecular formula is C13H16N2. The fraction of sp³-hybridized carbons (Fsp3) is 0.308. The Morgan fingerprint density at radius 1 is 1.33 bits per heavy atom. The van der Waals surface area contributed by atoms with Gasteiger partial charge in [-0.3, -0.25) is 4.98 Å². The Kier molecular flexibility index (Phi) is 2.97. The summed E-state index contributed by atoms with van der Waals surface area (Å²) in [6, 6.07) is 8.84. The molecule has 1 heterocycles. The Hall–Kier alpha value is -1.41. The minimum atomic E-state index is 0.390. The summed E-state index contributed by atoms with van der Waals surface area (Å²) in [7, 11) is 0. The number of nitrogens with one attached hydrogen (secondary N) is 1. The second kappa shape index (κ2) is 4.41. The zero-order valence-electron chi connectivity index (χ0n) is 9.20. The number of hydrogen-bond donors (Lipinski definition) is 1.